The van der Waals surface area contributed by atoms with Gasteiger partial charge in [-0.3, -0.25) is 0 Å². The van der Waals surface area contributed by atoms with Crippen LogP contribution in [0.3, 0.4) is 0 Å². The normalized spacial score (nSPS) is 11.1. The highest BCUT2D eigenvalue weighted by molar-refractivity contribution is 5.96. The maximum absolute atomic E-state index is 12.1. The first-order valence-electron chi connectivity index (χ1n) is 6.07. The number of carboxylic acid groups (broad SMARTS) is 1. The molecule has 2 rings (SSSR count). The summed E-state index contributed by atoms with van der Waals surface area (Å²) in [7, 11) is 1.41. The smallest absolute Gasteiger partial charge is 0.497 e. The van der Waals surface area contributed by atoms with Crippen molar-refractivity contribution in [2.75, 3.05) is 7.11 Å². The van der Waals surface area contributed by atoms with Crippen LogP contribution >= 0.6 is 0 Å². The summed E-state index contributed by atoms with van der Waals surface area (Å²) >= 11 is 0. The van der Waals surface area contributed by atoms with E-state index in [0.717, 1.165) is 12.1 Å². The van der Waals surface area contributed by atoms with Crippen LogP contribution in [0, 0.1) is 0 Å². The molecule has 22 heavy (non-hydrogen) atoms. The van der Waals surface area contributed by atoms with Gasteiger partial charge in [0.05, 0.1) is 12.7 Å². The molecule has 2 aromatic rings. The number of halogens is 3. The van der Waals surface area contributed by atoms with E-state index in [2.05, 4.69) is 4.74 Å². The van der Waals surface area contributed by atoms with Gasteiger partial charge in [0, 0.05) is 0 Å². The summed E-state index contributed by atoms with van der Waals surface area (Å²) in [5, 5.41) is 9.23. The van der Waals surface area contributed by atoms with Crippen LogP contribution in [-0.4, -0.2) is 24.5 Å². The van der Waals surface area contributed by atoms with Gasteiger partial charge in [0.15, 0.2) is 0 Å². The maximum Gasteiger partial charge on any atom is 0.573 e. The first kappa shape index (κ1) is 15.7. The summed E-state index contributed by atoms with van der Waals surface area (Å²) < 4.78 is 45.0. The number of hydrogen-bond acceptors (Lipinski definition) is 3. The van der Waals surface area contributed by atoms with E-state index in [1.54, 1.807) is 6.07 Å². The van der Waals surface area contributed by atoms with Gasteiger partial charge in [-0.25, -0.2) is 4.79 Å². The van der Waals surface area contributed by atoms with Crippen LogP contribution in [-0.2, 0) is 0 Å². The second-order valence-corrected chi connectivity index (χ2v) is 4.29. The van der Waals surface area contributed by atoms with Crippen molar-refractivity contribution in [3.63, 3.8) is 0 Å². The summed E-state index contributed by atoms with van der Waals surface area (Å²) in [5.74, 6) is -1.16. The van der Waals surface area contributed by atoms with E-state index in [-0.39, 0.29) is 11.3 Å². The second-order valence-electron chi connectivity index (χ2n) is 4.29. The van der Waals surface area contributed by atoms with E-state index in [1.807, 2.05) is 0 Å². The van der Waals surface area contributed by atoms with Gasteiger partial charge in [0.1, 0.15) is 11.5 Å². The first-order chi connectivity index (χ1) is 10.3. The number of rotatable bonds is 4. The Bertz CT molecular complexity index is 678. The standard InChI is InChI=1S/C15H11F3O4/c1-21-11-6-7-12(13(8-11)14(19)20)9-2-4-10(5-3-9)22-15(16,17)18/h2-8H,1H3,(H,19,20). The zero-order chi connectivity index (χ0) is 16.3. The number of methoxy groups -OCH3 is 1. The zero-order valence-electron chi connectivity index (χ0n) is 11.3. The molecule has 0 radical (unpaired) electrons. The molecule has 0 aromatic heterocycles. The van der Waals surface area contributed by atoms with Crippen LogP contribution < -0.4 is 9.47 Å². The van der Waals surface area contributed by atoms with Crippen molar-refractivity contribution in [3.05, 3.63) is 48.0 Å². The summed E-state index contributed by atoms with van der Waals surface area (Å²) in [5.41, 5.74) is 0.810. The van der Waals surface area contributed by atoms with Crippen molar-refractivity contribution in [2.45, 2.75) is 6.36 Å². The molecule has 0 heterocycles. The maximum atomic E-state index is 12.1. The van der Waals surface area contributed by atoms with Crippen LogP contribution in [0.25, 0.3) is 11.1 Å². The Hall–Kier alpha value is -2.70. The molecule has 0 bridgehead atoms. The van der Waals surface area contributed by atoms with Crippen molar-refractivity contribution in [1.82, 2.24) is 0 Å². The molecule has 0 aliphatic rings. The van der Waals surface area contributed by atoms with Crippen LogP contribution in [0.4, 0.5) is 13.2 Å². The van der Waals surface area contributed by atoms with Crippen LogP contribution in [0.5, 0.6) is 11.5 Å². The Morgan fingerprint density at radius 1 is 1.05 bits per heavy atom. The van der Waals surface area contributed by atoms with Gasteiger partial charge in [-0.15, -0.1) is 13.2 Å². The summed E-state index contributed by atoms with van der Waals surface area (Å²) in [6, 6.07) is 9.41. The minimum absolute atomic E-state index is 0.0103. The van der Waals surface area contributed by atoms with Gasteiger partial charge in [0.25, 0.3) is 0 Å². The lowest BCUT2D eigenvalue weighted by molar-refractivity contribution is -0.274. The lowest BCUT2D eigenvalue weighted by Crippen LogP contribution is -2.16. The first-order valence-corrected chi connectivity index (χ1v) is 6.07. The minimum atomic E-state index is -4.77. The number of hydrogen-bond donors (Lipinski definition) is 1. The Labute approximate surface area is 123 Å². The third kappa shape index (κ3) is 3.69. The number of carbonyl (C=O) groups is 1. The van der Waals surface area contributed by atoms with E-state index in [9.17, 15) is 23.1 Å². The monoisotopic (exact) mass is 312 g/mol. The van der Waals surface area contributed by atoms with Crippen molar-refractivity contribution >= 4 is 5.97 Å². The molecule has 0 fully saturated rings. The molecule has 0 atom stereocenters. The Kier molecular flexibility index (Phi) is 4.25. The molecule has 4 nitrogen and oxygen atoms in total. The van der Waals surface area contributed by atoms with Gasteiger partial charge in [-0.2, -0.15) is 0 Å². The third-order valence-corrected chi connectivity index (χ3v) is 2.86. The fourth-order valence-electron chi connectivity index (χ4n) is 1.92. The van der Waals surface area contributed by atoms with E-state index in [1.165, 1.54) is 31.4 Å². The Morgan fingerprint density at radius 3 is 2.14 bits per heavy atom. The molecular formula is C15H11F3O4. The molecule has 0 saturated carbocycles. The average Bonchev–Trinajstić information content (AvgIpc) is 2.45. The summed E-state index contributed by atoms with van der Waals surface area (Å²) in [6.07, 6.45) is -4.77. The topological polar surface area (TPSA) is 55.8 Å². The summed E-state index contributed by atoms with van der Waals surface area (Å²) in [6.45, 7) is 0. The zero-order valence-corrected chi connectivity index (χ0v) is 11.3. The minimum Gasteiger partial charge on any atom is -0.497 e. The molecular weight excluding hydrogens is 301 g/mol. The quantitative estimate of drug-likeness (QED) is 0.928. The second kappa shape index (κ2) is 5.97. The van der Waals surface area contributed by atoms with Gasteiger partial charge in [0.2, 0.25) is 0 Å². The van der Waals surface area contributed by atoms with Crippen molar-refractivity contribution < 1.29 is 32.5 Å². The van der Waals surface area contributed by atoms with Gasteiger partial charge in [-0.1, -0.05) is 12.1 Å². The van der Waals surface area contributed by atoms with Crippen molar-refractivity contribution in [3.8, 4) is 22.6 Å². The highest BCUT2D eigenvalue weighted by Gasteiger charge is 2.31. The van der Waals surface area contributed by atoms with Crippen LogP contribution in [0.2, 0.25) is 0 Å². The molecule has 0 aliphatic carbocycles. The van der Waals surface area contributed by atoms with Gasteiger partial charge in [-0.05, 0) is 41.5 Å². The highest BCUT2D eigenvalue weighted by atomic mass is 19.4. The molecule has 0 amide bonds. The lowest BCUT2D eigenvalue weighted by Gasteiger charge is -2.11. The molecule has 0 aliphatic heterocycles. The average molecular weight is 312 g/mol. The van der Waals surface area contributed by atoms with Gasteiger partial charge >= 0.3 is 12.3 Å². The van der Waals surface area contributed by atoms with Crippen molar-refractivity contribution in [2.24, 2.45) is 0 Å². The Balaban J connectivity index is 2.38. The molecule has 0 saturated heterocycles. The van der Waals surface area contributed by atoms with E-state index in [0.29, 0.717) is 16.9 Å². The molecule has 2 aromatic carbocycles. The Morgan fingerprint density at radius 2 is 1.64 bits per heavy atom. The van der Waals surface area contributed by atoms with Crippen molar-refractivity contribution in [1.29, 1.82) is 0 Å². The predicted octanol–water partition coefficient (Wildman–Crippen LogP) is 3.96. The third-order valence-electron chi connectivity index (χ3n) is 2.86. The molecule has 1 N–H and O–H groups in total. The largest absolute Gasteiger partial charge is 0.573 e. The van der Waals surface area contributed by atoms with Crippen LogP contribution in [0.15, 0.2) is 42.5 Å². The van der Waals surface area contributed by atoms with E-state index < -0.39 is 12.3 Å². The predicted molar refractivity (Wildman–Crippen MR) is 72.1 cm³/mol. The fraction of sp³-hybridized carbons (Fsp3) is 0.133. The molecule has 0 spiro atoms. The number of aromatic carboxylic acids is 1. The van der Waals surface area contributed by atoms with Gasteiger partial charge < -0.3 is 14.6 Å². The SMILES string of the molecule is COc1ccc(-c2ccc(OC(F)(F)F)cc2)c(C(=O)O)c1. The lowest BCUT2D eigenvalue weighted by atomic mass is 9.99. The molecule has 0 unspecified atom stereocenters. The molecule has 7 heteroatoms. The highest BCUT2D eigenvalue weighted by Crippen LogP contribution is 2.30. The van der Waals surface area contributed by atoms with Crippen LogP contribution in [0.1, 0.15) is 10.4 Å². The molecule has 116 valence electrons. The van der Waals surface area contributed by atoms with E-state index >= 15 is 0 Å². The number of benzene rings is 2. The number of alkyl halides is 3. The van der Waals surface area contributed by atoms with E-state index in [4.69, 9.17) is 4.74 Å². The number of ether oxygens (including phenoxy) is 2. The fourth-order valence-corrected chi connectivity index (χ4v) is 1.92. The summed E-state index contributed by atoms with van der Waals surface area (Å²) in [4.78, 5) is 11.3. The number of carboxylic acids is 1.